The highest BCUT2D eigenvalue weighted by molar-refractivity contribution is 5.65. The van der Waals surface area contributed by atoms with Crippen LogP contribution in [0.4, 0.5) is 0 Å². The first-order chi connectivity index (χ1) is 7.72. The topological polar surface area (TPSA) is 35.5 Å². The summed E-state index contributed by atoms with van der Waals surface area (Å²) in [4.78, 5) is 10.5. The molecule has 0 saturated carbocycles. The second-order valence-corrected chi connectivity index (χ2v) is 3.65. The Hall–Kier alpha value is -1.51. The summed E-state index contributed by atoms with van der Waals surface area (Å²) in [5.74, 6) is 0.674. The van der Waals surface area contributed by atoms with Crippen molar-refractivity contribution in [3.05, 3.63) is 29.8 Å². The van der Waals surface area contributed by atoms with E-state index in [0.717, 1.165) is 25.0 Å². The molecule has 0 fully saturated rings. The number of esters is 1. The van der Waals surface area contributed by atoms with Gasteiger partial charge in [0.2, 0.25) is 0 Å². The maximum absolute atomic E-state index is 10.5. The van der Waals surface area contributed by atoms with Gasteiger partial charge in [-0.1, -0.05) is 12.1 Å². The molecule has 0 aromatic heterocycles. The average molecular weight is 222 g/mol. The zero-order valence-electron chi connectivity index (χ0n) is 9.86. The number of hydrogen-bond donors (Lipinski definition) is 0. The molecule has 3 heteroatoms. The van der Waals surface area contributed by atoms with Gasteiger partial charge in [0.15, 0.2) is 0 Å². The normalized spacial score (nSPS) is 9.88. The van der Waals surface area contributed by atoms with E-state index in [4.69, 9.17) is 9.47 Å². The average Bonchev–Trinajstić information content (AvgIpc) is 2.29. The fraction of sp³-hybridized carbons (Fsp3) is 0.462. The van der Waals surface area contributed by atoms with Crippen molar-refractivity contribution in [2.75, 3.05) is 13.7 Å². The van der Waals surface area contributed by atoms with Crippen LogP contribution in [0.25, 0.3) is 0 Å². The molecule has 0 aliphatic heterocycles. The van der Waals surface area contributed by atoms with Gasteiger partial charge in [-0.25, -0.2) is 0 Å². The minimum Gasteiger partial charge on any atom is -0.497 e. The Balaban J connectivity index is 2.19. The van der Waals surface area contributed by atoms with Gasteiger partial charge in [0.05, 0.1) is 13.7 Å². The molecule has 1 aromatic carbocycles. The lowest BCUT2D eigenvalue weighted by Crippen LogP contribution is -2.00. The third kappa shape index (κ3) is 4.82. The molecule has 0 aliphatic rings. The second-order valence-electron chi connectivity index (χ2n) is 3.65. The Morgan fingerprint density at radius 1 is 1.19 bits per heavy atom. The third-order valence-electron chi connectivity index (χ3n) is 2.32. The maximum Gasteiger partial charge on any atom is 0.302 e. The van der Waals surface area contributed by atoms with Crippen LogP contribution in [0.5, 0.6) is 5.75 Å². The number of hydrogen-bond acceptors (Lipinski definition) is 3. The van der Waals surface area contributed by atoms with Crippen molar-refractivity contribution in [1.29, 1.82) is 0 Å². The van der Waals surface area contributed by atoms with E-state index in [1.54, 1.807) is 7.11 Å². The molecule has 16 heavy (non-hydrogen) atoms. The van der Waals surface area contributed by atoms with Crippen LogP contribution in [-0.4, -0.2) is 19.7 Å². The zero-order valence-corrected chi connectivity index (χ0v) is 9.86. The molecular formula is C13H18O3. The van der Waals surface area contributed by atoms with Gasteiger partial charge in [-0.3, -0.25) is 4.79 Å². The predicted octanol–water partition coefficient (Wildman–Crippen LogP) is 2.58. The summed E-state index contributed by atoms with van der Waals surface area (Å²) < 4.78 is 9.94. The van der Waals surface area contributed by atoms with E-state index >= 15 is 0 Å². The summed E-state index contributed by atoms with van der Waals surface area (Å²) in [7, 11) is 1.66. The van der Waals surface area contributed by atoms with Crippen molar-refractivity contribution < 1.29 is 14.3 Å². The first-order valence-electron chi connectivity index (χ1n) is 5.48. The van der Waals surface area contributed by atoms with Gasteiger partial charge in [0, 0.05) is 6.92 Å². The highest BCUT2D eigenvalue weighted by atomic mass is 16.5. The number of carbonyl (C=O) groups excluding carboxylic acids is 1. The molecule has 0 bridgehead atoms. The van der Waals surface area contributed by atoms with E-state index in [1.807, 2.05) is 12.1 Å². The van der Waals surface area contributed by atoms with E-state index in [2.05, 4.69) is 12.1 Å². The lowest BCUT2D eigenvalue weighted by molar-refractivity contribution is -0.141. The fourth-order valence-electron chi connectivity index (χ4n) is 1.44. The summed E-state index contributed by atoms with van der Waals surface area (Å²) >= 11 is 0. The number of methoxy groups -OCH3 is 1. The van der Waals surface area contributed by atoms with Crippen molar-refractivity contribution in [3.63, 3.8) is 0 Å². The van der Waals surface area contributed by atoms with Crippen LogP contribution in [0, 0.1) is 0 Å². The van der Waals surface area contributed by atoms with Gasteiger partial charge in [-0.05, 0) is 37.0 Å². The molecule has 0 saturated heterocycles. The standard InChI is InChI=1S/C13H18O3/c1-11(14)16-10-4-3-5-12-6-8-13(15-2)9-7-12/h6-9H,3-5,10H2,1-2H3. The van der Waals surface area contributed by atoms with Crippen molar-refractivity contribution in [3.8, 4) is 5.75 Å². The molecule has 0 heterocycles. The molecule has 0 spiro atoms. The van der Waals surface area contributed by atoms with Gasteiger partial charge in [0.1, 0.15) is 5.75 Å². The Labute approximate surface area is 96.4 Å². The summed E-state index contributed by atoms with van der Waals surface area (Å²) in [6.45, 7) is 1.95. The maximum atomic E-state index is 10.5. The molecule has 0 aliphatic carbocycles. The quantitative estimate of drug-likeness (QED) is 0.548. The number of benzene rings is 1. The number of unbranched alkanes of at least 4 members (excludes halogenated alkanes) is 1. The van der Waals surface area contributed by atoms with Crippen molar-refractivity contribution in [2.45, 2.75) is 26.2 Å². The molecule has 88 valence electrons. The molecule has 0 unspecified atom stereocenters. The van der Waals surface area contributed by atoms with E-state index in [1.165, 1.54) is 12.5 Å². The van der Waals surface area contributed by atoms with E-state index < -0.39 is 0 Å². The van der Waals surface area contributed by atoms with E-state index in [9.17, 15) is 4.79 Å². The molecule has 0 atom stereocenters. The molecule has 0 amide bonds. The van der Waals surface area contributed by atoms with E-state index in [-0.39, 0.29) is 5.97 Å². The van der Waals surface area contributed by atoms with Crippen LogP contribution in [0.2, 0.25) is 0 Å². The van der Waals surface area contributed by atoms with Gasteiger partial charge in [-0.2, -0.15) is 0 Å². The number of aryl methyl sites for hydroxylation is 1. The number of carbonyl (C=O) groups is 1. The summed E-state index contributed by atoms with van der Waals surface area (Å²) in [6.07, 6.45) is 2.94. The molecule has 1 aromatic rings. The molecule has 1 rings (SSSR count). The van der Waals surface area contributed by atoms with Gasteiger partial charge in [-0.15, -0.1) is 0 Å². The first kappa shape index (κ1) is 12.6. The Morgan fingerprint density at radius 3 is 2.44 bits per heavy atom. The lowest BCUT2D eigenvalue weighted by Gasteiger charge is -2.04. The molecular weight excluding hydrogens is 204 g/mol. The lowest BCUT2D eigenvalue weighted by atomic mass is 10.1. The third-order valence-corrected chi connectivity index (χ3v) is 2.32. The largest absolute Gasteiger partial charge is 0.497 e. The summed E-state index contributed by atoms with van der Waals surface area (Å²) in [5, 5.41) is 0. The predicted molar refractivity (Wildman–Crippen MR) is 62.6 cm³/mol. The highest BCUT2D eigenvalue weighted by Gasteiger charge is 1.96. The van der Waals surface area contributed by atoms with E-state index in [0.29, 0.717) is 6.61 Å². The van der Waals surface area contributed by atoms with Crippen LogP contribution < -0.4 is 4.74 Å². The molecule has 3 nitrogen and oxygen atoms in total. The monoisotopic (exact) mass is 222 g/mol. The van der Waals surface area contributed by atoms with Crippen LogP contribution in [-0.2, 0) is 16.0 Å². The number of ether oxygens (including phenoxy) is 2. The fourth-order valence-corrected chi connectivity index (χ4v) is 1.44. The smallest absolute Gasteiger partial charge is 0.302 e. The summed E-state index contributed by atoms with van der Waals surface area (Å²) in [6, 6.07) is 8.04. The van der Waals surface area contributed by atoms with Crippen LogP contribution >= 0.6 is 0 Å². The van der Waals surface area contributed by atoms with Crippen LogP contribution in [0.15, 0.2) is 24.3 Å². The first-order valence-corrected chi connectivity index (χ1v) is 5.48. The minimum atomic E-state index is -0.204. The Kier molecular flexibility index (Phi) is 5.40. The SMILES string of the molecule is COc1ccc(CCCCOC(C)=O)cc1. The van der Waals surface area contributed by atoms with Crippen molar-refractivity contribution in [2.24, 2.45) is 0 Å². The summed E-state index contributed by atoms with van der Waals surface area (Å²) in [5.41, 5.74) is 1.28. The highest BCUT2D eigenvalue weighted by Crippen LogP contribution is 2.13. The molecule has 0 radical (unpaired) electrons. The number of rotatable bonds is 6. The van der Waals surface area contributed by atoms with Gasteiger partial charge < -0.3 is 9.47 Å². The minimum absolute atomic E-state index is 0.204. The van der Waals surface area contributed by atoms with Crippen LogP contribution in [0.3, 0.4) is 0 Å². The van der Waals surface area contributed by atoms with Crippen molar-refractivity contribution >= 4 is 5.97 Å². The van der Waals surface area contributed by atoms with Crippen LogP contribution in [0.1, 0.15) is 25.3 Å². The molecule has 0 N–H and O–H groups in total. The van der Waals surface area contributed by atoms with Crippen molar-refractivity contribution in [1.82, 2.24) is 0 Å². The van der Waals surface area contributed by atoms with Gasteiger partial charge >= 0.3 is 5.97 Å². The zero-order chi connectivity index (χ0) is 11.8. The second kappa shape index (κ2) is 6.88. The Bertz CT molecular complexity index is 316. The van der Waals surface area contributed by atoms with Gasteiger partial charge in [0.25, 0.3) is 0 Å². The Morgan fingerprint density at radius 2 is 1.88 bits per heavy atom.